The minimum Gasteiger partial charge on any atom is -0.495 e. The average Bonchev–Trinajstić information content (AvgIpc) is 3.77. The van der Waals surface area contributed by atoms with Crippen molar-refractivity contribution in [2.24, 2.45) is 5.41 Å². The summed E-state index contributed by atoms with van der Waals surface area (Å²) >= 11 is -0.260. The topological polar surface area (TPSA) is 90.3 Å². The van der Waals surface area contributed by atoms with Gasteiger partial charge in [0.2, 0.25) is 0 Å². The summed E-state index contributed by atoms with van der Waals surface area (Å²) in [5, 5.41) is 9.27. The molecule has 49 heavy (non-hydrogen) atoms. The molecule has 9 nitrogen and oxygen atoms in total. The van der Waals surface area contributed by atoms with Gasteiger partial charge in [-0.25, -0.2) is 9.18 Å². The van der Waals surface area contributed by atoms with E-state index >= 15 is 4.39 Å². The number of nitrogens with one attached hydrogen (secondary N) is 3. The summed E-state index contributed by atoms with van der Waals surface area (Å²) in [7, 11) is 5.05. The largest absolute Gasteiger partial charge is 0.495 e. The second-order valence-corrected chi connectivity index (χ2v) is 16.3. The zero-order valence-corrected chi connectivity index (χ0v) is 28.9. The molecule has 3 aromatic rings. The molecule has 1 unspecified atom stereocenters. The number of halogens is 4. The van der Waals surface area contributed by atoms with Crippen LogP contribution < -0.4 is 20.7 Å². The van der Waals surface area contributed by atoms with E-state index in [-0.39, 0.29) is 52.8 Å². The Hall–Kier alpha value is -3.55. The SMILES string of the molecule is COc1cc2ccc1NCC#Cc1cc3c(cccn3c1SC(F)(F)F)N[C@@H]1CCN(C[C@@H]1F)C(=O)N1CCC(C3SS3)(CCNC2=O)C1. The number of aromatic nitrogens is 1. The molecule has 3 amide bonds. The van der Waals surface area contributed by atoms with Crippen molar-refractivity contribution in [3.05, 3.63) is 53.7 Å². The third-order valence-corrected chi connectivity index (χ3v) is 12.8. The lowest BCUT2D eigenvalue weighted by Gasteiger charge is -2.38. The van der Waals surface area contributed by atoms with Gasteiger partial charge in [-0.15, -0.1) is 0 Å². The molecule has 9 heterocycles. The van der Waals surface area contributed by atoms with Crippen molar-refractivity contribution in [2.75, 3.05) is 57.0 Å². The van der Waals surface area contributed by atoms with Gasteiger partial charge in [-0.1, -0.05) is 33.4 Å². The standard InChI is InChI=1S/C33H34F4N6O3S3/c1-46-27-17-20-6-7-25(27)38-11-2-4-21-16-26-24(5-3-13-43(26)29(21)47-33(35,36)37)40-23-8-14-41(18-22(23)34)31(45)42-15-10-32(19-42,30-48-49-30)9-12-39-28(20)44/h3,5-7,13,16-17,22-23,30,38,40H,8-12,14-15,18-19H2,1H3,(H,39,44)/t22-,23+,32?/m0/s1. The summed E-state index contributed by atoms with van der Waals surface area (Å²) < 4.78 is 64.1. The fourth-order valence-electron chi connectivity index (χ4n) is 6.83. The van der Waals surface area contributed by atoms with Crippen molar-refractivity contribution in [1.29, 1.82) is 0 Å². The third-order valence-electron chi connectivity index (χ3n) is 9.44. The molecular formula is C33H34F4N6O3S3. The predicted molar refractivity (Wildman–Crippen MR) is 186 cm³/mol. The van der Waals surface area contributed by atoms with Crippen LogP contribution in [0.5, 0.6) is 5.75 Å². The van der Waals surface area contributed by atoms with E-state index in [1.807, 2.05) is 4.90 Å². The van der Waals surface area contributed by atoms with Gasteiger partial charge >= 0.3 is 11.5 Å². The number of nitrogens with zero attached hydrogens (tertiary/aromatic N) is 3. The number of urea groups is 1. The molecule has 3 N–H and O–H groups in total. The van der Waals surface area contributed by atoms with Gasteiger partial charge in [-0.2, -0.15) is 13.2 Å². The number of carbonyl (C=O) groups is 2. The van der Waals surface area contributed by atoms with Gasteiger partial charge in [-0.3, -0.25) is 4.79 Å². The van der Waals surface area contributed by atoms with Gasteiger partial charge in [0, 0.05) is 55.1 Å². The van der Waals surface area contributed by atoms with Gasteiger partial charge in [0.15, 0.2) is 0 Å². The lowest BCUT2D eigenvalue weighted by atomic mass is 9.85. The number of carbonyl (C=O) groups excluding carboxylic acids is 2. The first-order valence-corrected chi connectivity index (χ1v) is 19.0. The van der Waals surface area contributed by atoms with Crippen LogP contribution in [-0.4, -0.2) is 94.8 Å². The van der Waals surface area contributed by atoms with Crippen LogP contribution in [0.1, 0.15) is 35.2 Å². The number of alkyl halides is 4. The number of hydrogen-bond donors (Lipinski definition) is 3. The predicted octanol–water partition coefficient (Wildman–Crippen LogP) is 6.51. The summed E-state index contributed by atoms with van der Waals surface area (Å²) in [6, 6.07) is 9.05. The molecule has 0 saturated carbocycles. The Labute approximate surface area is 293 Å². The number of rotatable bonds is 3. The number of methoxy groups -OCH3 is 1. The summed E-state index contributed by atoms with van der Waals surface area (Å²) in [5.41, 5.74) is -2.66. The molecule has 260 valence electrons. The molecule has 8 bridgehead atoms. The maximum atomic E-state index is 15.7. The van der Waals surface area contributed by atoms with Crippen LogP contribution >= 0.6 is 33.3 Å². The molecule has 3 saturated heterocycles. The second-order valence-electron chi connectivity index (χ2n) is 12.5. The number of thioether (sulfide) groups is 1. The minimum absolute atomic E-state index is 0.0892. The van der Waals surface area contributed by atoms with Gasteiger partial charge in [0.05, 0.1) is 53.3 Å². The van der Waals surface area contributed by atoms with E-state index in [9.17, 15) is 22.8 Å². The molecule has 3 atom stereocenters. The Balaban J connectivity index is 1.21. The number of piperidine rings is 1. The van der Waals surface area contributed by atoms with Gasteiger partial charge in [0.25, 0.3) is 5.91 Å². The van der Waals surface area contributed by atoms with E-state index in [1.165, 1.54) is 17.7 Å². The summed E-state index contributed by atoms with van der Waals surface area (Å²) in [4.78, 5) is 30.1. The summed E-state index contributed by atoms with van der Waals surface area (Å²) in [6.07, 6.45) is 1.97. The van der Waals surface area contributed by atoms with E-state index in [0.717, 1.165) is 6.42 Å². The molecule has 7 aliphatic heterocycles. The van der Waals surface area contributed by atoms with Crippen LogP contribution in [0.2, 0.25) is 0 Å². The molecule has 3 fully saturated rings. The van der Waals surface area contributed by atoms with E-state index in [4.69, 9.17) is 4.74 Å². The molecule has 16 heteroatoms. The van der Waals surface area contributed by atoms with Crippen LogP contribution in [-0.2, 0) is 0 Å². The minimum atomic E-state index is -4.57. The second kappa shape index (κ2) is 13.6. The molecule has 7 aliphatic rings. The molecule has 0 aliphatic carbocycles. The highest BCUT2D eigenvalue weighted by Crippen LogP contribution is 2.65. The normalized spacial score (nSPS) is 24.9. The number of benzene rings is 1. The van der Waals surface area contributed by atoms with E-state index in [1.54, 1.807) is 62.9 Å². The van der Waals surface area contributed by atoms with Gasteiger partial charge in [0.1, 0.15) is 16.9 Å². The summed E-state index contributed by atoms with van der Waals surface area (Å²) in [5.74, 6) is 5.94. The zero-order chi connectivity index (χ0) is 34.3. The number of amides is 3. The molecule has 0 radical (unpaired) electrons. The van der Waals surface area contributed by atoms with Crippen LogP contribution in [0.4, 0.5) is 33.7 Å². The van der Waals surface area contributed by atoms with Crippen molar-refractivity contribution < 1.29 is 31.9 Å². The molecule has 2 aromatic heterocycles. The quantitative estimate of drug-likeness (QED) is 0.0923. The van der Waals surface area contributed by atoms with Crippen molar-refractivity contribution in [2.45, 2.75) is 46.6 Å². The average molecular weight is 735 g/mol. The highest BCUT2D eigenvalue weighted by Gasteiger charge is 2.52. The van der Waals surface area contributed by atoms with Crippen molar-refractivity contribution in [3.63, 3.8) is 0 Å². The maximum Gasteiger partial charge on any atom is 0.447 e. The Morgan fingerprint density at radius 3 is 2.65 bits per heavy atom. The highest BCUT2D eigenvalue weighted by molar-refractivity contribution is 8.92. The smallest absolute Gasteiger partial charge is 0.447 e. The molecular weight excluding hydrogens is 701 g/mol. The Kier molecular flexibility index (Phi) is 9.44. The van der Waals surface area contributed by atoms with E-state index in [0.29, 0.717) is 71.8 Å². The Bertz CT molecular complexity index is 1830. The number of anilines is 2. The van der Waals surface area contributed by atoms with Crippen molar-refractivity contribution >= 4 is 62.2 Å². The Morgan fingerprint density at radius 2 is 1.90 bits per heavy atom. The first-order valence-electron chi connectivity index (χ1n) is 15.9. The van der Waals surface area contributed by atoms with E-state index < -0.39 is 17.7 Å². The summed E-state index contributed by atoms with van der Waals surface area (Å²) in [6.45, 7) is 1.87. The highest BCUT2D eigenvalue weighted by atomic mass is 33.2. The van der Waals surface area contributed by atoms with Crippen LogP contribution in [0.15, 0.2) is 47.6 Å². The number of hydrogen-bond acceptors (Lipinski definition) is 8. The van der Waals surface area contributed by atoms with Crippen LogP contribution in [0, 0.1) is 17.3 Å². The van der Waals surface area contributed by atoms with Crippen molar-refractivity contribution in [3.8, 4) is 17.6 Å². The zero-order valence-electron chi connectivity index (χ0n) is 26.4. The van der Waals surface area contributed by atoms with Gasteiger partial charge < -0.3 is 34.9 Å². The van der Waals surface area contributed by atoms with Crippen LogP contribution in [0.25, 0.3) is 5.52 Å². The molecule has 10 rings (SSSR count). The van der Waals surface area contributed by atoms with Crippen LogP contribution in [0.3, 0.4) is 0 Å². The number of ether oxygens (including phenoxy) is 1. The first kappa shape index (κ1) is 33.9. The molecule has 0 spiro atoms. The lowest BCUT2D eigenvalue weighted by Crippen LogP contribution is -2.53. The monoisotopic (exact) mass is 734 g/mol. The van der Waals surface area contributed by atoms with Gasteiger partial charge in [-0.05, 0) is 55.7 Å². The lowest BCUT2D eigenvalue weighted by molar-refractivity contribution is -0.0330. The fraction of sp³-hybridized carbons (Fsp3) is 0.455. The Morgan fingerprint density at radius 1 is 1.06 bits per heavy atom. The maximum absolute atomic E-state index is 15.7. The third kappa shape index (κ3) is 7.20. The van der Waals surface area contributed by atoms with Crippen molar-refractivity contribution in [1.82, 2.24) is 19.5 Å². The number of pyridine rings is 1. The fourth-order valence-corrected chi connectivity index (χ4v) is 10.0. The first-order chi connectivity index (χ1) is 23.5. The van der Waals surface area contributed by atoms with E-state index in [2.05, 4.69) is 27.8 Å². The molecule has 1 aromatic carbocycles.